The Morgan fingerprint density at radius 2 is 1.74 bits per heavy atom. The summed E-state index contributed by atoms with van der Waals surface area (Å²) in [5, 5.41) is 14.4. The number of urea groups is 1. The van der Waals surface area contributed by atoms with E-state index in [1.165, 1.54) is 23.9 Å². The molecule has 1 heterocycles. The Bertz CT molecular complexity index is 1130. The van der Waals surface area contributed by atoms with Gasteiger partial charge in [-0.15, -0.1) is 0 Å². The molecule has 0 unspecified atom stereocenters. The zero-order valence-corrected chi connectivity index (χ0v) is 17.6. The molecule has 1 aliphatic heterocycles. The molecular formula is C23H20N4O3S. The molecule has 2 amide bonds. The Balaban J connectivity index is 1.59. The van der Waals surface area contributed by atoms with Crippen LogP contribution in [0.15, 0.2) is 83.9 Å². The van der Waals surface area contributed by atoms with Crippen LogP contribution in [0.2, 0.25) is 0 Å². The summed E-state index contributed by atoms with van der Waals surface area (Å²) in [6.45, 7) is 2.44. The van der Waals surface area contributed by atoms with Gasteiger partial charge >= 0.3 is 6.03 Å². The number of aryl methyl sites for hydroxylation is 1. The van der Waals surface area contributed by atoms with E-state index in [0.717, 1.165) is 16.8 Å². The normalized spacial score (nSPS) is 15.3. The molecule has 4 rings (SSSR count). The minimum atomic E-state index is -0.415. The van der Waals surface area contributed by atoms with Gasteiger partial charge in [0, 0.05) is 17.8 Å². The van der Waals surface area contributed by atoms with Crippen molar-refractivity contribution in [3.63, 3.8) is 0 Å². The molecule has 0 spiro atoms. The van der Waals surface area contributed by atoms with Crippen LogP contribution in [0.5, 0.6) is 0 Å². The number of benzene rings is 3. The summed E-state index contributed by atoms with van der Waals surface area (Å²) >= 11 is 1.47. The van der Waals surface area contributed by atoms with Gasteiger partial charge < -0.3 is 5.32 Å². The van der Waals surface area contributed by atoms with Gasteiger partial charge in [-0.3, -0.25) is 15.1 Å². The van der Waals surface area contributed by atoms with Crippen LogP contribution in [0.4, 0.5) is 21.9 Å². The Morgan fingerprint density at radius 3 is 2.42 bits per heavy atom. The topological polar surface area (TPSA) is 87.8 Å². The number of nitro benzene ring substituents is 1. The number of nitro groups is 1. The average Bonchev–Trinajstić information content (AvgIpc) is 3.26. The summed E-state index contributed by atoms with van der Waals surface area (Å²) in [5.41, 5.74) is 3.39. The fourth-order valence-corrected chi connectivity index (χ4v) is 4.42. The van der Waals surface area contributed by atoms with E-state index in [1.54, 1.807) is 17.0 Å². The van der Waals surface area contributed by atoms with Crippen LogP contribution in [0.25, 0.3) is 0 Å². The first-order valence-electron chi connectivity index (χ1n) is 9.70. The second-order valence-electron chi connectivity index (χ2n) is 7.00. The fourth-order valence-electron chi connectivity index (χ4n) is 3.28. The number of carbonyl (C=O) groups is 1. The van der Waals surface area contributed by atoms with Crippen molar-refractivity contribution in [3.05, 3.63) is 100 Å². The summed E-state index contributed by atoms with van der Waals surface area (Å²) in [5.74, 6) is 0. The number of nitrogens with one attached hydrogen (secondary N) is 1. The highest BCUT2D eigenvalue weighted by atomic mass is 32.2. The predicted octanol–water partition coefficient (Wildman–Crippen LogP) is 5.79. The number of non-ortho nitro benzene ring substituents is 1. The first-order chi connectivity index (χ1) is 15.0. The van der Waals surface area contributed by atoms with Crippen molar-refractivity contribution < 1.29 is 9.72 Å². The molecule has 7 nitrogen and oxygen atoms in total. The van der Waals surface area contributed by atoms with Crippen molar-refractivity contribution in [2.75, 3.05) is 16.8 Å². The average molecular weight is 433 g/mol. The van der Waals surface area contributed by atoms with Crippen LogP contribution < -0.4 is 10.2 Å². The molecular weight excluding hydrogens is 412 g/mol. The molecule has 0 radical (unpaired) electrons. The predicted molar refractivity (Wildman–Crippen MR) is 125 cm³/mol. The smallest absolute Gasteiger partial charge is 0.307 e. The van der Waals surface area contributed by atoms with Gasteiger partial charge in [-0.05, 0) is 36.2 Å². The van der Waals surface area contributed by atoms with Gasteiger partial charge in [-0.1, -0.05) is 60.3 Å². The molecule has 0 saturated heterocycles. The summed E-state index contributed by atoms with van der Waals surface area (Å²) < 4.78 is 0. The molecule has 0 bridgehead atoms. The molecule has 1 aliphatic rings. The van der Waals surface area contributed by atoms with Gasteiger partial charge in [0.05, 0.1) is 22.4 Å². The van der Waals surface area contributed by atoms with E-state index in [1.807, 2.05) is 61.5 Å². The lowest BCUT2D eigenvalue weighted by atomic mass is 10.1. The molecule has 0 aliphatic carbocycles. The van der Waals surface area contributed by atoms with Crippen LogP contribution in [-0.4, -0.2) is 22.7 Å². The maximum Gasteiger partial charge on any atom is 0.332 e. The number of anilines is 2. The molecule has 31 heavy (non-hydrogen) atoms. The summed E-state index contributed by atoms with van der Waals surface area (Å²) in [6.07, 6.45) is 0. The molecule has 0 saturated carbocycles. The van der Waals surface area contributed by atoms with E-state index in [-0.39, 0.29) is 17.0 Å². The maximum atomic E-state index is 13.3. The Kier molecular flexibility index (Phi) is 5.99. The van der Waals surface area contributed by atoms with Crippen molar-refractivity contribution in [1.82, 2.24) is 0 Å². The number of amidine groups is 1. The number of hydrogen-bond donors (Lipinski definition) is 1. The van der Waals surface area contributed by atoms with Crippen molar-refractivity contribution in [2.45, 2.75) is 12.2 Å². The Hall–Kier alpha value is -3.65. The van der Waals surface area contributed by atoms with Gasteiger partial charge in [-0.25, -0.2) is 9.69 Å². The van der Waals surface area contributed by atoms with E-state index in [2.05, 4.69) is 10.3 Å². The van der Waals surface area contributed by atoms with Crippen LogP contribution in [0.1, 0.15) is 16.4 Å². The number of nitrogens with zero attached hydrogens (tertiary/aromatic N) is 3. The van der Waals surface area contributed by atoms with Gasteiger partial charge in [0.1, 0.15) is 0 Å². The van der Waals surface area contributed by atoms with Crippen molar-refractivity contribution in [1.29, 1.82) is 0 Å². The van der Waals surface area contributed by atoms with Crippen LogP contribution in [0, 0.1) is 17.0 Å². The maximum absolute atomic E-state index is 13.3. The zero-order valence-electron chi connectivity index (χ0n) is 16.8. The van der Waals surface area contributed by atoms with Gasteiger partial charge in [0.25, 0.3) is 5.69 Å². The fraction of sp³-hybridized carbons (Fsp3) is 0.130. The standard InChI is InChI=1S/C23H20N4O3S/c1-16-7-5-6-10-20(16)26(22(28)25-18-8-3-2-4-9-18)23-24-15-21(31-23)17-11-13-19(14-12-17)27(29)30/h2-14,21H,15H2,1H3,(H,25,28)/t21-/m1/s1. The number of thioether (sulfide) groups is 1. The summed E-state index contributed by atoms with van der Waals surface area (Å²) in [6, 6.07) is 23.1. The number of amides is 2. The van der Waals surface area contributed by atoms with Crippen molar-refractivity contribution in [2.24, 2.45) is 4.99 Å². The van der Waals surface area contributed by atoms with E-state index in [4.69, 9.17) is 0 Å². The number of hydrogen-bond acceptors (Lipinski definition) is 5. The number of rotatable bonds is 4. The third-order valence-electron chi connectivity index (χ3n) is 4.89. The van der Waals surface area contributed by atoms with Crippen molar-refractivity contribution in [3.8, 4) is 0 Å². The third kappa shape index (κ3) is 4.59. The first-order valence-corrected chi connectivity index (χ1v) is 10.6. The highest BCUT2D eigenvalue weighted by molar-refractivity contribution is 8.14. The first kappa shape index (κ1) is 20.6. The summed E-state index contributed by atoms with van der Waals surface area (Å²) in [7, 11) is 0. The second kappa shape index (κ2) is 9.01. The highest BCUT2D eigenvalue weighted by Crippen LogP contribution is 2.39. The third-order valence-corrected chi connectivity index (χ3v) is 6.12. The lowest BCUT2D eigenvalue weighted by molar-refractivity contribution is -0.384. The van der Waals surface area contributed by atoms with E-state index in [0.29, 0.717) is 17.4 Å². The SMILES string of the molecule is Cc1ccccc1N(C(=O)Nc1ccccc1)C1=NC[C@H](c2ccc([N+](=O)[O-])cc2)S1. The highest BCUT2D eigenvalue weighted by Gasteiger charge is 2.31. The molecule has 1 atom stereocenters. The largest absolute Gasteiger partial charge is 0.332 e. The van der Waals surface area contributed by atoms with E-state index < -0.39 is 4.92 Å². The Labute approximate surface area is 184 Å². The number of carbonyl (C=O) groups excluding carboxylic acids is 1. The van der Waals surface area contributed by atoms with Gasteiger partial charge in [-0.2, -0.15) is 0 Å². The Morgan fingerprint density at radius 1 is 1.06 bits per heavy atom. The van der Waals surface area contributed by atoms with Crippen LogP contribution >= 0.6 is 11.8 Å². The van der Waals surface area contributed by atoms with Crippen LogP contribution in [0.3, 0.4) is 0 Å². The van der Waals surface area contributed by atoms with E-state index in [9.17, 15) is 14.9 Å². The van der Waals surface area contributed by atoms with E-state index >= 15 is 0 Å². The molecule has 1 N–H and O–H groups in total. The summed E-state index contributed by atoms with van der Waals surface area (Å²) in [4.78, 5) is 30.0. The van der Waals surface area contributed by atoms with Gasteiger partial charge in [0.15, 0.2) is 5.17 Å². The lowest BCUT2D eigenvalue weighted by Gasteiger charge is -2.24. The minimum Gasteiger partial charge on any atom is -0.307 e. The molecule has 0 fully saturated rings. The van der Waals surface area contributed by atoms with Crippen LogP contribution in [-0.2, 0) is 0 Å². The molecule has 0 aromatic heterocycles. The quantitative estimate of drug-likeness (QED) is 0.418. The molecule has 8 heteroatoms. The number of para-hydroxylation sites is 2. The monoisotopic (exact) mass is 432 g/mol. The zero-order chi connectivity index (χ0) is 21.8. The van der Waals surface area contributed by atoms with Gasteiger partial charge in [0.2, 0.25) is 0 Å². The molecule has 156 valence electrons. The number of aliphatic imine (C=N–C) groups is 1. The molecule has 3 aromatic rings. The lowest BCUT2D eigenvalue weighted by Crippen LogP contribution is -2.38. The molecule has 3 aromatic carbocycles. The minimum absolute atomic E-state index is 0.0214. The second-order valence-corrected chi connectivity index (χ2v) is 8.17. The van der Waals surface area contributed by atoms with Crippen molar-refractivity contribution >= 4 is 40.0 Å².